The minimum absolute atomic E-state index is 0.00759. The molecule has 4 heterocycles. The van der Waals surface area contributed by atoms with E-state index in [1.54, 1.807) is 0 Å². The number of benzene rings is 14. The van der Waals surface area contributed by atoms with Crippen LogP contribution in [-0.2, 0) is 32.5 Å². The zero-order valence-corrected chi connectivity index (χ0v) is 79.1. The number of nitrogens with zero attached hydrogens (tertiary/aromatic N) is 3. The summed E-state index contributed by atoms with van der Waals surface area (Å²) in [5.74, 6) is 1.56. The van der Waals surface area contributed by atoms with Gasteiger partial charge in [-0.15, -0.1) is 22.7 Å². The van der Waals surface area contributed by atoms with E-state index in [2.05, 4.69) is 464 Å². The molecule has 0 atom stereocenters. The summed E-state index contributed by atoms with van der Waals surface area (Å²) in [6, 6.07) is 111. The number of fused-ring (bicyclic) bond motifs is 8. The summed E-state index contributed by atoms with van der Waals surface area (Å²) < 4.78 is 18.2. The van der Waals surface area contributed by atoms with Crippen LogP contribution in [0.5, 0.6) is 0 Å². The van der Waals surface area contributed by atoms with Gasteiger partial charge in [0.1, 0.15) is 11.2 Å². The van der Waals surface area contributed by atoms with Crippen molar-refractivity contribution in [3.8, 4) is 22.3 Å². The van der Waals surface area contributed by atoms with Crippen molar-refractivity contribution < 1.29 is 8.83 Å². The summed E-state index contributed by atoms with van der Waals surface area (Å²) in [6.07, 6.45) is 0. The third-order valence-electron chi connectivity index (χ3n) is 24.3. The lowest BCUT2D eigenvalue weighted by Gasteiger charge is -2.31. The van der Waals surface area contributed by atoms with Gasteiger partial charge < -0.3 is 24.0 Å². The van der Waals surface area contributed by atoms with Crippen LogP contribution >= 0.6 is 34.3 Å². The van der Waals surface area contributed by atoms with Gasteiger partial charge in [-0.2, -0.15) is 0 Å². The Morgan fingerprint density at radius 2 is 0.616 bits per heavy atom. The Kier molecular flexibility index (Phi) is 23.5. The minimum Gasteiger partial charge on any atom is -0.440 e. The topological polar surface area (TPSA) is 48.0 Å². The molecule has 9 heteroatoms. The maximum absolute atomic E-state index is 7.00. The largest absolute Gasteiger partial charge is 0.440 e. The molecule has 0 saturated carbocycles. The molecule has 4 aromatic heterocycles. The SMILES string of the molecule is Cc1cc(C(C)(C)C)ccc1N(c1cc(-c2ccccc2)cc(N(c2cc3ccc(C(C)(C)C)cc3o2)c2ccc(C(C)(C)C)cc2C)c1)c1ccc2c(c1)sc1ccccc12.Cc1cc(C(C)(C)C)ccc1N(c1cc(Cl)cc(-c2ccccc2)c1)c1ccc2c(c1)sc1ccccc12.Cc1cc(C(C)(C)C)ccc1Nc1cc2ccc(C(C)(C)C)cc2o1. The summed E-state index contributed by atoms with van der Waals surface area (Å²) in [7, 11) is 0. The van der Waals surface area contributed by atoms with Crippen LogP contribution in [0.2, 0.25) is 5.02 Å². The van der Waals surface area contributed by atoms with Gasteiger partial charge in [0.25, 0.3) is 0 Å². The summed E-state index contributed by atoms with van der Waals surface area (Å²) >= 11 is 10.5. The first kappa shape index (κ1) is 86.6. The molecule has 0 aliphatic carbocycles. The van der Waals surface area contributed by atoms with Gasteiger partial charge in [0.15, 0.2) is 5.88 Å². The second-order valence-electron chi connectivity index (χ2n) is 40.1. The van der Waals surface area contributed by atoms with E-state index in [0.717, 1.165) is 112 Å². The molecule has 0 unspecified atom stereocenters. The predicted octanol–water partition coefficient (Wildman–Crippen LogP) is 36.4. The fourth-order valence-electron chi connectivity index (χ4n) is 16.8. The second-order valence-corrected chi connectivity index (χ2v) is 42.7. The highest BCUT2D eigenvalue weighted by Crippen LogP contribution is 2.51. The molecule has 632 valence electrons. The van der Waals surface area contributed by atoms with Crippen molar-refractivity contribution in [3.63, 3.8) is 0 Å². The Hall–Kier alpha value is -11.9. The van der Waals surface area contributed by atoms with Crippen molar-refractivity contribution in [3.05, 3.63) is 364 Å². The summed E-state index contributed by atoms with van der Waals surface area (Å²) in [5.41, 5.74) is 29.2. The van der Waals surface area contributed by atoms with Gasteiger partial charge in [0.05, 0.1) is 11.4 Å². The average molecular weight is 1700 g/mol. The Balaban J connectivity index is 0.000000154. The van der Waals surface area contributed by atoms with E-state index in [0.29, 0.717) is 0 Å². The summed E-state index contributed by atoms with van der Waals surface area (Å²) in [5, 5.41) is 11.5. The molecular weight excluding hydrogens is 1580 g/mol. The van der Waals surface area contributed by atoms with Crippen LogP contribution in [0.15, 0.2) is 312 Å². The van der Waals surface area contributed by atoms with Crippen molar-refractivity contribution in [2.24, 2.45) is 0 Å². The van der Waals surface area contributed by atoms with Crippen molar-refractivity contribution in [1.29, 1.82) is 0 Å². The summed E-state index contributed by atoms with van der Waals surface area (Å²) in [6.45, 7) is 49.4. The van der Waals surface area contributed by atoms with E-state index in [1.165, 1.54) is 96.0 Å². The standard InChI is InChI=1S/C58H58N2OS.C35H30ClNS.C23H29NO/c1-37-29-42(56(3,4)5)23-27-50(37)59(45-25-26-49-48-19-15-16-20-53(48)62-54(49)36-45)46-31-41(39-17-13-12-14-18-39)32-47(35-46)60(51-28-24-43(30-38(51)2)57(6,7)8)55-33-40-21-22-44(58(9,10)11)34-52(40)61-55;1-23-18-26(35(2,3)4)14-17-32(23)37(29-20-25(19-27(36)21-29)24-10-6-5-7-11-24)28-15-16-31-30-12-8-9-13-33(30)38-34(31)22-28;1-15-12-17(22(2,3)4)10-11-19(15)24-21-13-16-8-9-18(23(5,6)7)14-20(16)25-21/h12-36H,1-11H3;5-22H,1-4H3;8-14,24H,1-7H3. The Bertz CT molecular complexity index is 7030. The van der Waals surface area contributed by atoms with Gasteiger partial charge in [0.2, 0.25) is 5.88 Å². The molecule has 0 fully saturated rings. The third kappa shape index (κ3) is 18.6. The molecule has 125 heavy (non-hydrogen) atoms. The van der Waals surface area contributed by atoms with E-state index in [-0.39, 0.29) is 32.5 Å². The highest BCUT2D eigenvalue weighted by Gasteiger charge is 2.29. The lowest BCUT2D eigenvalue weighted by atomic mass is 9.86. The number of aryl methyl sites for hydroxylation is 4. The average Bonchev–Trinajstić information content (AvgIpc) is 1.72. The van der Waals surface area contributed by atoms with E-state index < -0.39 is 0 Å². The summed E-state index contributed by atoms with van der Waals surface area (Å²) in [4.78, 5) is 7.14. The first-order valence-corrected chi connectivity index (χ1v) is 45.8. The quantitative estimate of drug-likeness (QED) is 0.124. The van der Waals surface area contributed by atoms with Crippen LogP contribution in [0, 0.1) is 27.7 Å². The smallest absolute Gasteiger partial charge is 0.205 e. The van der Waals surface area contributed by atoms with Crippen LogP contribution in [-0.4, -0.2) is 0 Å². The maximum Gasteiger partial charge on any atom is 0.205 e. The highest BCUT2D eigenvalue weighted by molar-refractivity contribution is 7.26. The number of hydrogen-bond acceptors (Lipinski definition) is 8. The van der Waals surface area contributed by atoms with Crippen LogP contribution in [0.4, 0.5) is 63.0 Å². The Morgan fingerprint density at radius 3 is 1.05 bits per heavy atom. The fourth-order valence-corrected chi connectivity index (χ4v) is 19.3. The molecule has 18 rings (SSSR count). The minimum atomic E-state index is -0.00928. The van der Waals surface area contributed by atoms with E-state index in [1.807, 2.05) is 34.8 Å². The lowest BCUT2D eigenvalue weighted by Crippen LogP contribution is -2.16. The first-order valence-electron chi connectivity index (χ1n) is 43.8. The van der Waals surface area contributed by atoms with E-state index >= 15 is 0 Å². The van der Waals surface area contributed by atoms with Crippen molar-refractivity contribution in [2.75, 3.05) is 20.0 Å². The molecule has 0 amide bonds. The van der Waals surface area contributed by atoms with Gasteiger partial charge in [-0.25, -0.2) is 0 Å². The van der Waals surface area contributed by atoms with E-state index in [9.17, 15) is 0 Å². The van der Waals surface area contributed by atoms with Crippen LogP contribution in [0.1, 0.15) is 180 Å². The molecule has 6 nitrogen and oxygen atoms in total. The van der Waals surface area contributed by atoms with Gasteiger partial charge in [0, 0.05) is 108 Å². The molecule has 14 aromatic carbocycles. The molecule has 1 N–H and O–H groups in total. The Morgan fingerprint density at radius 1 is 0.264 bits per heavy atom. The molecular formula is C116H117ClN4O2S2. The molecule has 0 aliphatic rings. The van der Waals surface area contributed by atoms with Crippen molar-refractivity contribution in [1.82, 2.24) is 0 Å². The first-order chi connectivity index (χ1) is 59.2. The number of rotatable bonds is 13. The zero-order chi connectivity index (χ0) is 88.6. The van der Waals surface area contributed by atoms with Crippen molar-refractivity contribution in [2.45, 2.75) is 185 Å². The molecule has 0 bridgehead atoms. The number of hydrogen-bond donors (Lipinski definition) is 1. The van der Waals surface area contributed by atoms with Gasteiger partial charge in [-0.3, -0.25) is 4.90 Å². The third-order valence-corrected chi connectivity index (χ3v) is 26.7. The maximum atomic E-state index is 7.00. The number of thiophene rings is 2. The van der Waals surface area contributed by atoms with Crippen LogP contribution < -0.4 is 20.0 Å². The molecule has 0 spiro atoms. The van der Waals surface area contributed by atoms with Gasteiger partial charge in [-0.05, 0) is 247 Å². The number of halogens is 1. The molecule has 18 aromatic rings. The van der Waals surface area contributed by atoms with Crippen molar-refractivity contribution >= 4 is 160 Å². The number of anilines is 11. The monoisotopic (exact) mass is 1700 g/mol. The number of furan rings is 2. The van der Waals surface area contributed by atoms with Gasteiger partial charge >= 0.3 is 0 Å². The second kappa shape index (κ2) is 33.9. The van der Waals surface area contributed by atoms with Crippen LogP contribution in [0.25, 0.3) is 84.5 Å². The zero-order valence-electron chi connectivity index (χ0n) is 76.7. The fraction of sp³-hybridized carbons (Fsp3) is 0.241. The lowest BCUT2D eigenvalue weighted by molar-refractivity contribution is 0.583. The van der Waals surface area contributed by atoms with E-state index in [4.69, 9.17) is 20.4 Å². The normalized spacial score (nSPS) is 12.3. The molecule has 0 aliphatic heterocycles. The van der Waals surface area contributed by atoms with Gasteiger partial charge in [-0.1, -0.05) is 318 Å². The number of nitrogens with one attached hydrogen (secondary N) is 1. The molecule has 0 radical (unpaired) electrons. The Labute approximate surface area is 753 Å². The predicted molar refractivity (Wildman–Crippen MR) is 545 cm³/mol. The van der Waals surface area contributed by atoms with Crippen LogP contribution in [0.3, 0.4) is 0 Å². The highest BCUT2D eigenvalue weighted by atomic mass is 35.5. The molecule has 0 saturated heterocycles.